The van der Waals surface area contributed by atoms with E-state index in [1.807, 2.05) is 0 Å². The third-order valence-electron chi connectivity index (χ3n) is 4.64. The van der Waals surface area contributed by atoms with Crippen molar-refractivity contribution in [3.63, 3.8) is 0 Å². The number of ether oxygens (including phenoxy) is 1. The molecule has 2 rings (SSSR count). The fourth-order valence-electron chi connectivity index (χ4n) is 3.47. The van der Waals surface area contributed by atoms with Gasteiger partial charge >= 0.3 is 0 Å². The summed E-state index contributed by atoms with van der Waals surface area (Å²) in [5.74, 6) is 0. The summed E-state index contributed by atoms with van der Waals surface area (Å²) in [5.41, 5.74) is 6.27. The van der Waals surface area contributed by atoms with Gasteiger partial charge in [-0.05, 0) is 39.7 Å². The lowest BCUT2D eigenvalue weighted by molar-refractivity contribution is -0.0672. The van der Waals surface area contributed by atoms with Crippen molar-refractivity contribution in [3.05, 3.63) is 0 Å². The van der Waals surface area contributed by atoms with Crippen LogP contribution in [0.2, 0.25) is 0 Å². The molecule has 1 heterocycles. The van der Waals surface area contributed by atoms with E-state index in [0.717, 1.165) is 32.0 Å². The van der Waals surface area contributed by atoms with Crippen molar-refractivity contribution in [3.8, 4) is 0 Å². The average Bonchev–Trinajstić information content (AvgIpc) is 2.81. The summed E-state index contributed by atoms with van der Waals surface area (Å²) in [4.78, 5) is 2.58. The third kappa shape index (κ3) is 2.27. The maximum atomic E-state index is 6.07. The Kier molecular flexibility index (Phi) is 3.88. The lowest BCUT2D eigenvalue weighted by Gasteiger charge is -2.48. The van der Waals surface area contributed by atoms with Crippen LogP contribution >= 0.6 is 0 Å². The molecule has 2 fully saturated rings. The Morgan fingerprint density at radius 2 is 2.06 bits per heavy atom. The molecule has 3 nitrogen and oxygen atoms in total. The van der Waals surface area contributed by atoms with E-state index in [1.54, 1.807) is 0 Å². The Balaban J connectivity index is 2.06. The number of hydrogen-bond acceptors (Lipinski definition) is 3. The predicted molar refractivity (Wildman–Crippen MR) is 66.5 cm³/mol. The van der Waals surface area contributed by atoms with Crippen molar-refractivity contribution in [2.45, 2.75) is 63.1 Å². The van der Waals surface area contributed by atoms with Gasteiger partial charge in [-0.25, -0.2) is 0 Å². The van der Waals surface area contributed by atoms with Crippen LogP contribution in [0.3, 0.4) is 0 Å². The number of nitrogens with zero attached hydrogens (tertiary/aromatic N) is 1. The van der Waals surface area contributed by atoms with Crippen molar-refractivity contribution < 1.29 is 4.74 Å². The number of nitrogens with two attached hydrogens (primary N) is 1. The van der Waals surface area contributed by atoms with Gasteiger partial charge in [0, 0.05) is 24.7 Å². The van der Waals surface area contributed by atoms with E-state index >= 15 is 0 Å². The highest BCUT2D eigenvalue weighted by Gasteiger charge is 2.41. The lowest BCUT2D eigenvalue weighted by Crippen LogP contribution is -2.59. The van der Waals surface area contributed by atoms with Crippen LogP contribution in [0, 0.1) is 0 Å². The highest BCUT2D eigenvalue weighted by atomic mass is 16.5. The molecule has 2 unspecified atom stereocenters. The fraction of sp³-hybridized carbons (Fsp3) is 1.00. The Hall–Kier alpha value is -0.120. The molecule has 2 aliphatic rings. The van der Waals surface area contributed by atoms with Crippen molar-refractivity contribution >= 4 is 0 Å². The first-order chi connectivity index (χ1) is 7.68. The molecular formula is C13H26N2O. The second kappa shape index (κ2) is 5.03. The van der Waals surface area contributed by atoms with Gasteiger partial charge in [-0.2, -0.15) is 0 Å². The second-order valence-electron chi connectivity index (χ2n) is 5.61. The van der Waals surface area contributed by atoms with E-state index in [-0.39, 0.29) is 5.54 Å². The topological polar surface area (TPSA) is 38.5 Å². The van der Waals surface area contributed by atoms with Crippen LogP contribution < -0.4 is 5.73 Å². The van der Waals surface area contributed by atoms with Crippen LogP contribution in [-0.2, 0) is 4.74 Å². The van der Waals surface area contributed by atoms with Crippen LogP contribution in [0.1, 0.15) is 45.4 Å². The molecule has 2 N–H and O–H groups in total. The minimum absolute atomic E-state index is 0.201. The first-order valence-electron chi connectivity index (χ1n) is 6.72. The number of likely N-dealkylation sites (N-methyl/N-ethyl adjacent to an activating group) is 1. The molecule has 16 heavy (non-hydrogen) atoms. The Bertz CT molecular complexity index is 228. The van der Waals surface area contributed by atoms with Crippen LogP contribution in [-0.4, -0.2) is 42.8 Å². The molecule has 0 spiro atoms. The molecule has 1 aliphatic heterocycles. The Morgan fingerprint density at radius 1 is 1.38 bits per heavy atom. The molecule has 0 radical (unpaired) electrons. The lowest BCUT2D eigenvalue weighted by atomic mass is 9.84. The molecule has 2 atom stereocenters. The number of hydrogen-bond donors (Lipinski definition) is 1. The Morgan fingerprint density at radius 3 is 2.62 bits per heavy atom. The summed E-state index contributed by atoms with van der Waals surface area (Å²) in [6.07, 6.45) is 8.04. The standard InChI is InChI=1S/C13H26N2O/c1-11-9-13(10-14,7-8-16-11)15(2)12-5-3-4-6-12/h11-12H,3-10,14H2,1-2H3. The summed E-state index contributed by atoms with van der Waals surface area (Å²) < 4.78 is 5.67. The summed E-state index contributed by atoms with van der Waals surface area (Å²) in [7, 11) is 2.28. The largest absolute Gasteiger partial charge is 0.378 e. The third-order valence-corrected chi connectivity index (χ3v) is 4.64. The van der Waals surface area contributed by atoms with Crippen LogP contribution in [0.4, 0.5) is 0 Å². The van der Waals surface area contributed by atoms with E-state index in [9.17, 15) is 0 Å². The van der Waals surface area contributed by atoms with Gasteiger partial charge in [-0.15, -0.1) is 0 Å². The Labute approximate surface area is 99.3 Å². The molecule has 94 valence electrons. The van der Waals surface area contributed by atoms with Gasteiger partial charge < -0.3 is 10.5 Å². The smallest absolute Gasteiger partial charge is 0.0565 e. The summed E-state index contributed by atoms with van der Waals surface area (Å²) in [5, 5.41) is 0. The fourth-order valence-corrected chi connectivity index (χ4v) is 3.47. The van der Waals surface area contributed by atoms with E-state index in [4.69, 9.17) is 10.5 Å². The minimum Gasteiger partial charge on any atom is -0.378 e. The predicted octanol–water partition coefficient (Wildman–Crippen LogP) is 1.76. The summed E-state index contributed by atoms with van der Waals surface area (Å²) in [6.45, 7) is 3.81. The van der Waals surface area contributed by atoms with Gasteiger partial charge in [0.25, 0.3) is 0 Å². The van der Waals surface area contributed by atoms with Crippen LogP contribution in [0.25, 0.3) is 0 Å². The minimum atomic E-state index is 0.201. The van der Waals surface area contributed by atoms with Gasteiger partial charge in [0.15, 0.2) is 0 Å². The van der Waals surface area contributed by atoms with E-state index < -0.39 is 0 Å². The van der Waals surface area contributed by atoms with Gasteiger partial charge in [0.05, 0.1) is 6.10 Å². The van der Waals surface area contributed by atoms with Crippen LogP contribution in [0.15, 0.2) is 0 Å². The van der Waals surface area contributed by atoms with E-state index in [1.165, 1.54) is 25.7 Å². The maximum absolute atomic E-state index is 6.07. The summed E-state index contributed by atoms with van der Waals surface area (Å²) >= 11 is 0. The van der Waals surface area contributed by atoms with Gasteiger partial charge in [-0.3, -0.25) is 4.90 Å². The molecule has 1 saturated heterocycles. The van der Waals surface area contributed by atoms with Crippen molar-refractivity contribution in [1.82, 2.24) is 4.90 Å². The molecule has 0 aromatic carbocycles. The molecular weight excluding hydrogens is 200 g/mol. The highest BCUT2D eigenvalue weighted by Crippen LogP contribution is 2.34. The van der Waals surface area contributed by atoms with Crippen molar-refractivity contribution in [2.75, 3.05) is 20.2 Å². The molecule has 0 amide bonds. The number of rotatable bonds is 3. The maximum Gasteiger partial charge on any atom is 0.0565 e. The van der Waals surface area contributed by atoms with Gasteiger partial charge in [0.2, 0.25) is 0 Å². The molecule has 0 bridgehead atoms. The molecule has 3 heteroatoms. The van der Waals surface area contributed by atoms with E-state index in [0.29, 0.717) is 6.10 Å². The zero-order valence-electron chi connectivity index (χ0n) is 10.7. The van der Waals surface area contributed by atoms with Crippen LogP contribution in [0.5, 0.6) is 0 Å². The average molecular weight is 226 g/mol. The highest BCUT2D eigenvalue weighted by molar-refractivity contribution is 4.97. The zero-order chi connectivity index (χ0) is 11.6. The quantitative estimate of drug-likeness (QED) is 0.797. The van der Waals surface area contributed by atoms with Crippen molar-refractivity contribution in [2.24, 2.45) is 5.73 Å². The normalized spacial score (nSPS) is 37.1. The van der Waals surface area contributed by atoms with Gasteiger partial charge in [-0.1, -0.05) is 12.8 Å². The summed E-state index contributed by atoms with van der Waals surface area (Å²) in [6, 6.07) is 0.758. The second-order valence-corrected chi connectivity index (χ2v) is 5.61. The van der Waals surface area contributed by atoms with Gasteiger partial charge in [0.1, 0.15) is 0 Å². The molecule has 1 saturated carbocycles. The van der Waals surface area contributed by atoms with Crippen molar-refractivity contribution in [1.29, 1.82) is 0 Å². The molecule has 1 aliphatic carbocycles. The molecule has 0 aromatic rings. The van der Waals surface area contributed by atoms with E-state index in [2.05, 4.69) is 18.9 Å². The first-order valence-corrected chi connectivity index (χ1v) is 6.72. The molecule has 0 aromatic heterocycles. The zero-order valence-corrected chi connectivity index (χ0v) is 10.7. The monoisotopic (exact) mass is 226 g/mol. The first kappa shape index (κ1) is 12.3. The SMILES string of the molecule is CC1CC(CN)(N(C)C2CCCC2)CCO1.